The summed E-state index contributed by atoms with van der Waals surface area (Å²) >= 11 is 0. The molecule has 25 heavy (non-hydrogen) atoms. The van der Waals surface area contributed by atoms with Gasteiger partial charge in [0.1, 0.15) is 5.75 Å². The summed E-state index contributed by atoms with van der Waals surface area (Å²) in [5.74, 6) is 1.22. The molecule has 0 radical (unpaired) electrons. The molecule has 0 saturated heterocycles. The van der Waals surface area contributed by atoms with Gasteiger partial charge in [0.15, 0.2) is 5.76 Å². The first-order chi connectivity index (χ1) is 12.2. The number of hydrogen-bond donors (Lipinski definition) is 0. The topological polar surface area (TPSA) is 55.6 Å². The summed E-state index contributed by atoms with van der Waals surface area (Å²) in [5.41, 5.74) is 2.96. The van der Waals surface area contributed by atoms with Gasteiger partial charge in [-0.1, -0.05) is 18.2 Å². The van der Waals surface area contributed by atoms with Crippen LogP contribution < -0.4 is 9.64 Å². The molecule has 0 bridgehead atoms. The number of aromatic nitrogens is 1. The fourth-order valence-electron chi connectivity index (χ4n) is 3.24. The number of benzene rings is 2. The predicted octanol–water partition coefficient (Wildman–Crippen LogP) is 3.94. The molecule has 1 aromatic heterocycles. The van der Waals surface area contributed by atoms with Gasteiger partial charge in [-0.15, -0.1) is 0 Å². The molecular formula is C20H18N2O3. The Morgan fingerprint density at radius 1 is 1.20 bits per heavy atom. The Hall–Kier alpha value is -3.08. The van der Waals surface area contributed by atoms with E-state index in [0.717, 1.165) is 23.4 Å². The Morgan fingerprint density at radius 2 is 1.96 bits per heavy atom. The third-order valence-corrected chi connectivity index (χ3v) is 4.49. The summed E-state index contributed by atoms with van der Waals surface area (Å²) in [6.45, 7) is 2.03. The van der Waals surface area contributed by atoms with Crippen molar-refractivity contribution in [1.29, 1.82) is 0 Å². The molecule has 2 aromatic carbocycles. The van der Waals surface area contributed by atoms with Crippen LogP contribution >= 0.6 is 0 Å². The van der Waals surface area contributed by atoms with E-state index in [0.29, 0.717) is 5.76 Å². The summed E-state index contributed by atoms with van der Waals surface area (Å²) in [6.07, 6.45) is 2.43. The molecule has 5 heteroatoms. The van der Waals surface area contributed by atoms with Gasteiger partial charge in [-0.2, -0.15) is 0 Å². The molecule has 0 aliphatic carbocycles. The molecule has 4 rings (SSSR count). The fraction of sp³-hybridized carbons (Fsp3) is 0.200. The standard InChI is InChI=1S/C20H18N2O3/c1-13-11-15-5-3-4-6-17(15)22(13)20(23)19-21-12-18(25-19)14-7-9-16(24-2)10-8-14/h3-10,12-13H,11H2,1-2H3/t13-/m0/s1. The van der Waals surface area contributed by atoms with Gasteiger partial charge >= 0.3 is 5.91 Å². The van der Waals surface area contributed by atoms with Crippen molar-refractivity contribution >= 4 is 11.6 Å². The van der Waals surface area contributed by atoms with Crippen molar-refractivity contribution < 1.29 is 13.9 Å². The minimum absolute atomic E-state index is 0.0845. The van der Waals surface area contributed by atoms with Gasteiger partial charge in [0, 0.05) is 17.3 Å². The van der Waals surface area contributed by atoms with Crippen LogP contribution in [0.1, 0.15) is 23.2 Å². The lowest BCUT2D eigenvalue weighted by Crippen LogP contribution is -2.35. The number of anilines is 1. The number of para-hydroxylation sites is 1. The Labute approximate surface area is 145 Å². The summed E-state index contributed by atoms with van der Waals surface area (Å²) in [5, 5.41) is 0. The zero-order chi connectivity index (χ0) is 17.4. The van der Waals surface area contributed by atoms with Crippen molar-refractivity contribution in [3.8, 4) is 17.1 Å². The summed E-state index contributed by atoms with van der Waals surface area (Å²) in [4.78, 5) is 18.9. The van der Waals surface area contributed by atoms with Gasteiger partial charge in [0.2, 0.25) is 0 Å². The predicted molar refractivity (Wildman–Crippen MR) is 94.9 cm³/mol. The average molecular weight is 334 g/mol. The molecule has 5 nitrogen and oxygen atoms in total. The van der Waals surface area contributed by atoms with E-state index in [1.807, 2.05) is 49.4 Å². The minimum atomic E-state index is -0.211. The van der Waals surface area contributed by atoms with Crippen LogP contribution in [-0.4, -0.2) is 24.0 Å². The van der Waals surface area contributed by atoms with E-state index in [9.17, 15) is 4.79 Å². The first kappa shape index (κ1) is 15.4. The maximum atomic E-state index is 12.9. The number of hydrogen-bond acceptors (Lipinski definition) is 4. The van der Waals surface area contributed by atoms with E-state index in [1.165, 1.54) is 5.56 Å². The normalized spacial score (nSPS) is 15.9. The van der Waals surface area contributed by atoms with Crippen molar-refractivity contribution in [3.63, 3.8) is 0 Å². The third-order valence-electron chi connectivity index (χ3n) is 4.49. The molecule has 1 atom stereocenters. The minimum Gasteiger partial charge on any atom is -0.497 e. The number of amides is 1. The van der Waals surface area contributed by atoms with Crippen molar-refractivity contribution in [1.82, 2.24) is 4.98 Å². The monoisotopic (exact) mass is 334 g/mol. The zero-order valence-electron chi connectivity index (χ0n) is 14.1. The quantitative estimate of drug-likeness (QED) is 0.728. The van der Waals surface area contributed by atoms with Gasteiger partial charge in [-0.25, -0.2) is 4.98 Å². The van der Waals surface area contributed by atoms with Gasteiger partial charge in [-0.3, -0.25) is 4.79 Å². The lowest BCUT2D eigenvalue weighted by atomic mass is 10.1. The molecule has 1 amide bonds. The number of nitrogens with zero attached hydrogens (tertiary/aromatic N) is 2. The molecule has 0 fully saturated rings. The smallest absolute Gasteiger partial charge is 0.314 e. The lowest BCUT2D eigenvalue weighted by molar-refractivity contribution is 0.0948. The van der Waals surface area contributed by atoms with E-state index in [4.69, 9.17) is 9.15 Å². The zero-order valence-corrected chi connectivity index (χ0v) is 14.1. The van der Waals surface area contributed by atoms with Crippen molar-refractivity contribution in [2.24, 2.45) is 0 Å². The van der Waals surface area contributed by atoms with Crippen LogP contribution in [0.3, 0.4) is 0 Å². The Bertz CT molecular complexity index is 915. The van der Waals surface area contributed by atoms with Crippen LogP contribution in [0.5, 0.6) is 5.75 Å². The lowest BCUT2D eigenvalue weighted by Gasteiger charge is -2.20. The van der Waals surface area contributed by atoms with Crippen molar-refractivity contribution in [2.75, 3.05) is 12.0 Å². The highest BCUT2D eigenvalue weighted by atomic mass is 16.5. The molecule has 1 aliphatic rings. The number of oxazole rings is 1. The van der Waals surface area contributed by atoms with Crippen LogP contribution in [0.2, 0.25) is 0 Å². The highest BCUT2D eigenvalue weighted by molar-refractivity contribution is 6.05. The molecule has 0 N–H and O–H groups in total. The van der Waals surface area contributed by atoms with Gasteiger partial charge in [0.05, 0.1) is 13.3 Å². The first-order valence-corrected chi connectivity index (χ1v) is 8.19. The van der Waals surface area contributed by atoms with Crippen molar-refractivity contribution in [2.45, 2.75) is 19.4 Å². The number of ether oxygens (including phenoxy) is 1. The van der Waals surface area contributed by atoms with Crippen LogP contribution in [-0.2, 0) is 6.42 Å². The van der Waals surface area contributed by atoms with E-state index < -0.39 is 0 Å². The number of carbonyl (C=O) groups excluding carboxylic acids is 1. The second kappa shape index (κ2) is 6.09. The van der Waals surface area contributed by atoms with Crippen LogP contribution in [0.15, 0.2) is 59.1 Å². The van der Waals surface area contributed by atoms with Gasteiger partial charge in [-0.05, 0) is 49.2 Å². The Balaban J connectivity index is 1.62. The number of methoxy groups -OCH3 is 1. The Morgan fingerprint density at radius 3 is 2.72 bits per heavy atom. The molecule has 126 valence electrons. The van der Waals surface area contributed by atoms with E-state index in [2.05, 4.69) is 11.1 Å². The fourth-order valence-corrected chi connectivity index (χ4v) is 3.24. The van der Waals surface area contributed by atoms with Crippen LogP contribution in [0.25, 0.3) is 11.3 Å². The summed E-state index contributed by atoms with van der Waals surface area (Å²) < 4.78 is 10.9. The number of carbonyl (C=O) groups is 1. The van der Waals surface area contributed by atoms with E-state index >= 15 is 0 Å². The molecule has 0 spiro atoms. The molecule has 3 aromatic rings. The second-order valence-corrected chi connectivity index (χ2v) is 6.12. The van der Waals surface area contributed by atoms with Gasteiger partial charge in [0.25, 0.3) is 5.89 Å². The summed E-state index contributed by atoms with van der Waals surface area (Å²) in [6, 6.07) is 15.5. The second-order valence-electron chi connectivity index (χ2n) is 6.12. The molecule has 0 saturated carbocycles. The summed E-state index contributed by atoms with van der Waals surface area (Å²) in [7, 11) is 1.62. The largest absolute Gasteiger partial charge is 0.497 e. The van der Waals surface area contributed by atoms with E-state index in [1.54, 1.807) is 18.2 Å². The molecule has 1 aliphatic heterocycles. The van der Waals surface area contributed by atoms with E-state index in [-0.39, 0.29) is 17.8 Å². The Kier molecular flexibility index (Phi) is 3.76. The molecule has 2 heterocycles. The highest BCUT2D eigenvalue weighted by Crippen LogP contribution is 2.33. The molecule has 0 unspecified atom stereocenters. The van der Waals surface area contributed by atoms with Gasteiger partial charge < -0.3 is 14.1 Å². The number of fused-ring (bicyclic) bond motifs is 1. The SMILES string of the molecule is COc1ccc(-c2cnc(C(=O)N3c4ccccc4C[C@@H]3C)o2)cc1. The highest BCUT2D eigenvalue weighted by Gasteiger charge is 2.33. The average Bonchev–Trinajstić information content (AvgIpc) is 3.25. The maximum Gasteiger partial charge on any atom is 0.314 e. The molecular weight excluding hydrogens is 316 g/mol. The van der Waals surface area contributed by atoms with Crippen LogP contribution in [0.4, 0.5) is 5.69 Å². The van der Waals surface area contributed by atoms with Crippen molar-refractivity contribution in [3.05, 3.63) is 66.2 Å². The first-order valence-electron chi connectivity index (χ1n) is 8.19. The van der Waals surface area contributed by atoms with Crippen LogP contribution in [0, 0.1) is 0 Å². The maximum absolute atomic E-state index is 12.9. The number of rotatable bonds is 3. The third kappa shape index (κ3) is 2.67.